The van der Waals surface area contributed by atoms with E-state index in [2.05, 4.69) is 0 Å². The lowest BCUT2D eigenvalue weighted by molar-refractivity contribution is -0.137. The van der Waals surface area contributed by atoms with Crippen molar-refractivity contribution in [3.8, 4) is 5.75 Å². The summed E-state index contributed by atoms with van der Waals surface area (Å²) in [6.45, 7) is 3.01. The molecule has 3 rings (SSSR count). The molecule has 0 unspecified atom stereocenters. The summed E-state index contributed by atoms with van der Waals surface area (Å²) in [7, 11) is 3.54. The van der Waals surface area contributed by atoms with Crippen LogP contribution in [0, 0.1) is 0 Å². The first-order valence-corrected chi connectivity index (χ1v) is 8.67. The normalized spacial score (nSPS) is 24.4. The van der Waals surface area contributed by atoms with Gasteiger partial charge in [0, 0.05) is 44.3 Å². The smallest absolute Gasteiger partial charge is 0.253 e. The summed E-state index contributed by atoms with van der Waals surface area (Å²) < 4.78 is 5.12. The van der Waals surface area contributed by atoms with Gasteiger partial charge in [-0.25, -0.2) is 0 Å². The Morgan fingerprint density at radius 1 is 1.08 bits per heavy atom. The van der Waals surface area contributed by atoms with Gasteiger partial charge in [-0.3, -0.25) is 14.5 Å². The van der Waals surface area contributed by atoms with Gasteiger partial charge in [-0.2, -0.15) is 0 Å². The fraction of sp³-hybridized carbons (Fsp3) is 0.556. The molecule has 2 heterocycles. The van der Waals surface area contributed by atoms with Gasteiger partial charge in [0.1, 0.15) is 5.75 Å². The Morgan fingerprint density at radius 2 is 1.68 bits per heavy atom. The lowest BCUT2D eigenvalue weighted by atomic mass is 10.1. The summed E-state index contributed by atoms with van der Waals surface area (Å²) in [6.07, 6.45) is 0.709. The SMILES string of the molecule is COc1ccc(C(=O)N2CCN(C(=O)[C@@H]3C[C@H](N)CN3C)CC2)cc1. The number of benzene rings is 1. The zero-order valence-electron chi connectivity index (χ0n) is 14.9. The fourth-order valence-corrected chi connectivity index (χ4v) is 3.58. The highest BCUT2D eigenvalue weighted by molar-refractivity contribution is 5.94. The Balaban J connectivity index is 1.56. The average Bonchev–Trinajstić information content (AvgIpc) is 2.99. The summed E-state index contributed by atoms with van der Waals surface area (Å²) in [4.78, 5) is 31.0. The van der Waals surface area contributed by atoms with Crippen LogP contribution in [0.4, 0.5) is 0 Å². The molecule has 2 saturated heterocycles. The topological polar surface area (TPSA) is 79.1 Å². The third kappa shape index (κ3) is 3.77. The van der Waals surface area contributed by atoms with Gasteiger partial charge in [-0.15, -0.1) is 0 Å². The van der Waals surface area contributed by atoms with Crippen molar-refractivity contribution in [2.45, 2.75) is 18.5 Å². The highest BCUT2D eigenvalue weighted by atomic mass is 16.5. The predicted molar refractivity (Wildman–Crippen MR) is 94.5 cm³/mol. The number of likely N-dealkylation sites (tertiary alicyclic amines) is 1. The number of rotatable bonds is 3. The molecular formula is C18H26N4O3. The molecule has 0 aliphatic carbocycles. The van der Waals surface area contributed by atoms with Gasteiger partial charge in [-0.05, 0) is 37.7 Å². The van der Waals surface area contributed by atoms with Gasteiger partial charge < -0.3 is 20.3 Å². The second-order valence-corrected chi connectivity index (χ2v) is 6.80. The molecule has 0 spiro atoms. The Labute approximate surface area is 148 Å². The lowest BCUT2D eigenvalue weighted by Gasteiger charge is -2.36. The van der Waals surface area contributed by atoms with Crippen molar-refractivity contribution >= 4 is 11.8 Å². The summed E-state index contributed by atoms with van der Waals surface area (Å²) in [5.41, 5.74) is 6.60. The van der Waals surface area contributed by atoms with Crippen LogP contribution in [-0.4, -0.2) is 85.5 Å². The molecule has 2 atom stereocenters. The minimum Gasteiger partial charge on any atom is -0.497 e. The number of nitrogens with two attached hydrogens (primary N) is 1. The van der Waals surface area contributed by atoms with Crippen LogP contribution < -0.4 is 10.5 Å². The van der Waals surface area contributed by atoms with Gasteiger partial charge in [0.2, 0.25) is 5.91 Å². The lowest BCUT2D eigenvalue weighted by Crippen LogP contribution is -2.54. The molecule has 0 bridgehead atoms. The summed E-state index contributed by atoms with van der Waals surface area (Å²) in [6, 6.07) is 7.05. The van der Waals surface area contributed by atoms with Gasteiger partial charge >= 0.3 is 0 Å². The van der Waals surface area contributed by atoms with Crippen molar-refractivity contribution in [1.29, 1.82) is 0 Å². The quantitative estimate of drug-likeness (QED) is 0.834. The number of methoxy groups -OCH3 is 1. The van der Waals surface area contributed by atoms with Crippen LogP contribution in [0.1, 0.15) is 16.8 Å². The molecule has 0 aromatic heterocycles. The van der Waals surface area contributed by atoms with Crippen LogP contribution in [0.3, 0.4) is 0 Å². The molecule has 0 saturated carbocycles. The zero-order valence-corrected chi connectivity index (χ0v) is 14.9. The highest BCUT2D eigenvalue weighted by Gasteiger charge is 2.36. The maximum absolute atomic E-state index is 12.7. The number of ether oxygens (including phenoxy) is 1. The molecule has 2 amide bonds. The Hall–Kier alpha value is -2.12. The fourth-order valence-electron chi connectivity index (χ4n) is 3.58. The Morgan fingerprint density at radius 3 is 2.20 bits per heavy atom. The molecule has 2 N–H and O–H groups in total. The third-order valence-corrected chi connectivity index (χ3v) is 5.08. The molecule has 7 heteroatoms. The molecule has 1 aromatic carbocycles. The minimum atomic E-state index is -0.126. The molecule has 7 nitrogen and oxygen atoms in total. The summed E-state index contributed by atoms with van der Waals surface area (Å²) in [5.74, 6) is 0.854. The van der Waals surface area contributed by atoms with Gasteiger partial charge in [0.05, 0.1) is 13.2 Å². The first kappa shape index (κ1) is 17.7. The molecule has 0 radical (unpaired) electrons. The molecule has 2 fully saturated rings. The van der Waals surface area contributed by atoms with Crippen molar-refractivity contribution in [1.82, 2.24) is 14.7 Å². The molecule has 25 heavy (non-hydrogen) atoms. The molecule has 1 aromatic rings. The number of likely N-dealkylation sites (N-methyl/N-ethyl adjacent to an activating group) is 1. The van der Waals surface area contributed by atoms with Crippen LogP contribution in [0.2, 0.25) is 0 Å². The number of carbonyl (C=O) groups is 2. The van der Waals surface area contributed by atoms with Crippen molar-refractivity contribution in [3.05, 3.63) is 29.8 Å². The average molecular weight is 346 g/mol. The van der Waals surface area contributed by atoms with E-state index in [1.165, 1.54) is 0 Å². The van der Waals surface area contributed by atoms with E-state index in [0.29, 0.717) is 38.2 Å². The molecule has 2 aliphatic rings. The molecular weight excluding hydrogens is 320 g/mol. The maximum atomic E-state index is 12.7. The second-order valence-electron chi connectivity index (χ2n) is 6.80. The van der Waals surface area contributed by atoms with E-state index in [0.717, 1.165) is 12.3 Å². The van der Waals surface area contributed by atoms with Gasteiger partial charge in [0.25, 0.3) is 5.91 Å². The van der Waals surface area contributed by atoms with E-state index >= 15 is 0 Å². The van der Waals surface area contributed by atoms with Crippen LogP contribution in [0.5, 0.6) is 5.75 Å². The number of hydrogen-bond acceptors (Lipinski definition) is 5. The van der Waals surface area contributed by atoms with Crippen molar-refractivity contribution in [2.24, 2.45) is 5.73 Å². The maximum Gasteiger partial charge on any atom is 0.253 e. The predicted octanol–water partition coefficient (Wildman–Crippen LogP) is 0.0110. The zero-order chi connectivity index (χ0) is 18.0. The van der Waals surface area contributed by atoms with Crippen LogP contribution >= 0.6 is 0 Å². The summed E-state index contributed by atoms with van der Waals surface area (Å²) in [5, 5.41) is 0. The van der Waals surface area contributed by atoms with Gasteiger partial charge in [-0.1, -0.05) is 0 Å². The number of carbonyl (C=O) groups excluding carboxylic acids is 2. The largest absolute Gasteiger partial charge is 0.497 e. The van der Waals surface area contributed by atoms with E-state index < -0.39 is 0 Å². The monoisotopic (exact) mass is 346 g/mol. The van der Waals surface area contributed by atoms with E-state index in [4.69, 9.17) is 10.5 Å². The Bertz CT molecular complexity index is 626. The minimum absolute atomic E-state index is 0.00485. The van der Waals surface area contributed by atoms with Crippen molar-refractivity contribution in [2.75, 3.05) is 46.9 Å². The van der Waals surface area contributed by atoms with E-state index in [1.54, 1.807) is 36.3 Å². The van der Waals surface area contributed by atoms with Gasteiger partial charge in [0.15, 0.2) is 0 Å². The summed E-state index contributed by atoms with van der Waals surface area (Å²) >= 11 is 0. The van der Waals surface area contributed by atoms with Crippen LogP contribution in [0.15, 0.2) is 24.3 Å². The number of amides is 2. The van der Waals surface area contributed by atoms with Crippen molar-refractivity contribution < 1.29 is 14.3 Å². The van der Waals surface area contributed by atoms with E-state index in [-0.39, 0.29) is 23.9 Å². The first-order valence-electron chi connectivity index (χ1n) is 8.67. The molecule has 136 valence electrons. The number of nitrogens with zero attached hydrogens (tertiary/aromatic N) is 3. The highest BCUT2D eigenvalue weighted by Crippen LogP contribution is 2.19. The Kier molecular flexibility index (Phi) is 5.24. The standard InChI is InChI=1S/C18H26N4O3/c1-20-12-14(19)11-16(20)18(24)22-9-7-21(8-10-22)17(23)13-3-5-15(25-2)6-4-13/h3-6,14,16H,7-12,19H2,1-2H3/t14-,16-/m0/s1. The number of piperazine rings is 1. The van der Waals surface area contributed by atoms with Crippen molar-refractivity contribution in [3.63, 3.8) is 0 Å². The van der Waals surface area contributed by atoms with E-state index in [9.17, 15) is 9.59 Å². The second kappa shape index (κ2) is 7.41. The van der Waals surface area contributed by atoms with Crippen LogP contribution in [0.25, 0.3) is 0 Å². The third-order valence-electron chi connectivity index (χ3n) is 5.08. The number of hydrogen-bond donors (Lipinski definition) is 1. The molecule has 2 aliphatic heterocycles. The van der Waals surface area contributed by atoms with Crippen LogP contribution in [-0.2, 0) is 4.79 Å². The first-order chi connectivity index (χ1) is 12.0. The van der Waals surface area contributed by atoms with E-state index in [1.807, 2.05) is 16.8 Å².